The molecule has 0 saturated carbocycles. The molecule has 7 heteroatoms. The number of fused-ring (bicyclic) bond motifs is 1. The second kappa shape index (κ2) is 7.65. The molecule has 3 amide bonds. The third-order valence-electron chi connectivity index (χ3n) is 5.00. The summed E-state index contributed by atoms with van der Waals surface area (Å²) in [6, 6.07) is 15.4. The number of rotatable bonds is 5. The van der Waals surface area contributed by atoms with Gasteiger partial charge < -0.3 is 15.0 Å². The van der Waals surface area contributed by atoms with Crippen molar-refractivity contribution in [1.29, 1.82) is 0 Å². The molecule has 2 aliphatic rings. The van der Waals surface area contributed by atoms with Crippen LogP contribution in [0.5, 0.6) is 0 Å². The number of amides is 3. The number of aromatic nitrogens is 1. The lowest BCUT2D eigenvalue weighted by atomic mass is 10.1. The fraction of sp³-hybridized carbons (Fsp3) is 0.350. The number of urea groups is 1. The summed E-state index contributed by atoms with van der Waals surface area (Å²) in [7, 11) is 0. The molecule has 0 unspecified atom stereocenters. The molecule has 3 heterocycles. The van der Waals surface area contributed by atoms with Crippen molar-refractivity contribution in [2.24, 2.45) is 0 Å². The summed E-state index contributed by atoms with van der Waals surface area (Å²) in [6.07, 6.45) is 1.88. The van der Waals surface area contributed by atoms with Crippen LogP contribution in [0.25, 0.3) is 0 Å². The molecule has 0 aliphatic carbocycles. The smallest absolute Gasteiger partial charge is 0.410 e. The van der Waals surface area contributed by atoms with E-state index in [9.17, 15) is 9.59 Å². The molecule has 0 spiro atoms. The molecule has 4 rings (SSSR count). The van der Waals surface area contributed by atoms with Gasteiger partial charge in [-0.15, -0.1) is 0 Å². The average molecular weight is 366 g/mol. The van der Waals surface area contributed by atoms with Crippen molar-refractivity contribution in [3.8, 4) is 0 Å². The Morgan fingerprint density at radius 1 is 1.15 bits per heavy atom. The summed E-state index contributed by atoms with van der Waals surface area (Å²) in [6.45, 7) is 1.86. The minimum Gasteiger partial charge on any atom is -0.442 e. The molecule has 2 fully saturated rings. The summed E-state index contributed by atoms with van der Waals surface area (Å²) in [5, 5.41) is 2.95. The number of carbonyl (C=O) groups is 2. The van der Waals surface area contributed by atoms with Gasteiger partial charge in [-0.3, -0.25) is 9.88 Å². The van der Waals surface area contributed by atoms with Crippen molar-refractivity contribution in [3.05, 3.63) is 66.0 Å². The predicted octanol–water partition coefficient (Wildman–Crippen LogP) is 2.04. The van der Waals surface area contributed by atoms with Gasteiger partial charge in [-0.2, -0.15) is 0 Å². The number of hydrogen-bond donors (Lipinski definition) is 1. The highest BCUT2D eigenvalue weighted by Gasteiger charge is 2.48. The third kappa shape index (κ3) is 3.86. The largest absolute Gasteiger partial charge is 0.442 e. The highest BCUT2D eigenvalue weighted by molar-refractivity contribution is 5.76. The van der Waals surface area contributed by atoms with Crippen LogP contribution in [0, 0.1) is 0 Å². The monoisotopic (exact) mass is 366 g/mol. The van der Waals surface area contributed by atoms with E-state index in [1.165, 1.54) is 5.56 Å². The van der Waals surface area contributed by atoms with E-state index in [4.69, 9.17) is 4.74 Å². The van der Waals surface area contributed by atoms with E-state index >= 15 is 0 Å². The van der Waals surface area contributed by atoms with E-state index in [0.29, 0.717) is 26.2 Å². The molecule has 140 valence electrons. The molecular weight excluding hydrogens is 344 g/mol. The van der Waals surface area contributed by atoms with Crippen LogP contribution in [-0.4, -0.2) is 58.7 Å². The lowest BCUT2D eigenvalue weighted by Crippen LogP contribution is -2.43. The second-order valence-corrected chi connectivity index (χ2v) is 6.81. The Morgan fingerprint density at radius 2 is 1.96 bits per heavy atom. The Hall–Kier alpha value is -3.09. The van der Waals surface area contributed by atoms with Crippen molar-refractivity contribution in [2.45, 2.75) is 25.1 Å². The number of hydrogen-bond acceptors (Lipinski definition) is 4. The summed E-state index contributed by atoms with van der Waals surface area (Å²) in [5.41, 5.74) is 1.99. The topological polar surface area (TPSA) is 74.8 Å². The molecule has 2 saturated heterocycles. The molecule has 1 aromatic heterocycles. The van der Waals surface area contributed by atoms with E-state index in [0.717, 1.165) is 12.1 Å². The number of nitrogens with zero attached hydrogens (tertiary/aromatic N) is 3. The quantitative estimate of drug-likeness (QED) is 0.879. The first-order valence-electron chi connectivity index (χ1n) is 9.14. The molecule has 0 radical (unpaired) electrons. The molecule has 2 aliphatic heterocycles. The van der Waals surface area contributed by atoms with Crippen LogP contribution in [-0.2, 0) is 17.7 Å². The highest BCUT2D eigenvalue weighted by atomic mass is 16.6. The van der Waals surface area contributed by atoms with Crippen molar-refractivity contribution in [2.75, 3.05) is 19.6 Å². The SMILES string of the molecule is O=C(NCCc1ccccc1)N1C[C@H]2OC(=O)N(Cc3ccccn3)[C@H]2C1. The van der Waals surface area contributed by atoms with E-state index in [1.54, 1.807) is 16.0 Å². The number of likely N-dealkylation sites (tertiary alicyclic amines) is 1. The Labute approximate surface area is 157 Å². The van der Waals surface area contributed by atoms with Crippen LogP contribution in [0.4, 0.5) is 9.59 Å². The van der Waals surface area contributed by atoms with Crippen molar-refractivity contribution in [1.82, 2.24) is 20.1 Å². The highest BCUT2D eigenvalue weighted by Crippen LogP contribution is 2.28. The number of pyridine rings is 1. The van der Waals surface area contributed by atoms with Gasteiger partial charge in [0.2, 0.25) is 0 Å². The van der Waals surface area contributed by atoms with E-state index in [-0.39, 0.29) is 24.3 Å². The van der Waals surface area contributed by atoms with Crippen LogP contribution < -0.4 is 5.32 Å². The van der Waals surface area contributed by atoms with E-state index < -0.39 is 0 Å². The summed E-state index contributed by atoms with van der Waals surface area (Å²) in [4.78, 5) is 32.3. The average Bonchev–Trinajstić information content (AvgIpc) is 3.22. The van der Waals surface area contributed by atoms with E-state index in [2.05, 4.69) is 10.3 Å². The van der Waals surface area contributed by atoms with Gasteiger partial charge in [-0.05, 0) is 24.1 Å². The van der Waals surface area contributed by atoms with Gasteiger partial charge in [0.05, 0.1) is 24.8 Å². The minimum atomic E-state index is -0.334. The van der Waals surface area contributed by atoms with Crippen LogP contribution >= 0.6 is 0 Å². The molecule has 7 nitrogen and oxygen atoms in total. The predicted molar refractivity (Wildman–Crippen MR) is 99.0 cm³/mol. The molecule has 0 bridgehead atoms. The zero-order valence-corrected chi connectivity index (χ0v) is 15.0. The van der Waals surface area contributed by atoms with Gasteiger partial charge in [-0.25, -0.2) is 9.59 Å². The molecular formula is C20H22N4O3. The molecule has 27 heavy (non-hydrogen) atoms. The molecule has 2 atom stereocenters. The van der Waals surface area contributed by atoms with E-state index in [1.807, 2.05) is 48.5 Å². The van der Waals surface area contributed by atoms with Crippen molar-refractivity contribution >= 4 is 12.1 Å². The maximum absolute atomic E-state index is 12.5. The first kappa shape index (κ1) is 17.3. The summed E-state index contributed by atoms with van der Waals surface area (Å²) in [5.74, 6) is 0. The second-order valence-electron chi connectivity index (χ2n) is 6.81. The van der Waals surface area contributed by atoms with Crippen LogP contribution in [0.15, 0.2) is 54.7 Å². The Kier molecular flexibility index (Phi) is 4.91. The van der Waals surface area contributed by atoms with Crippen LogP contribution in [0.1, 0.15) is 11.3 Å². The molecule has 2 aromatic rings. The number of ether oxygens (including phenoxy) is 1. The minimum absolute atomic E-state index is 0.117. The lowest BCUT2D eigenvalue weighted by molar-refractivity contribution is 0.122. The first-order valence-corrected chi connectivity index (χ1v) is 9.14. The Balaban J connectivity index is 1.31. The molecule has 1 aromatic carbocycles. The molecule has 1 N–H and O–H groups in total. The zero-order valence-electron chi connectivity index (χ0n) is 15.0. The van der Waals surface area contributed by atoms with Gasteiger partial charge >= 0.3 is 12.1 Å². The van der Waals surface area contributed by atoms with Gasteiger partial charge in [-0.1, -0.05) is 36.4 Å². The van der Waals surface area contributed by atoms with Crippen molar-refractivity contribution < 1.29 is 14.3 Å². The third-order valence-corrected chi connectivity index (χ3v) is 5.00. The van der Waals surface area contributed by atoms with Crippen molar-refractivity contribution in [3.63, 3.8) is 0 Å². The fourth-order valence-electron chi connectivity index (χ4n) is 3.59. The Bertz CT molecular complexity index is 799. The van der Waals surface area contributed by atoms with Crippen LogP contribution in [0.3, 0.4) is 0 Å². The summed E-state index contributed by atoms with van der Waals surface area (Å²) >= 11 is 0. The normalized spacial score (nSPS) is 21.1. The number of nitrogens with one attached hydrogen (secondary N) is 1. The zero-order chi connectivity index (χ0) is 18.6. The first-order chi connectivity index (χ1) is 13.2. The Morgan fingerprint density at radius 3 is 2.74 bits per heavy atom. The lowest BCUT2D eigenvalue weighted by Gasteiger charge is -2.22. The van der Waals surface area contributed by atoms with Crippen LogP contribution in [0.2, 0.25) is 0 Å². The maximum atomic E-state index is 12.5. The summed E-state index contributed by atoms with van der Waals surface area (Å²) < 4.78 is 5.46. The number of carbonyl (C=O) groups excluding carboxylic acids is 2. The number of benzene rings is 1. The van der Waals surface area contributed by atoms with Gasteiger partial charge in [0.1, 0.15) is 6.10 Å². The fourth-order valence-corrected chi connectivity index (χ4v) is 3.59. The van der Waals surface area contributed by atoms with Gasteiger partial charge in [0.25, 0.3) is 0 Å². The van der Waals surface area contributed by atoms with Gasteiger partial charge in [0, 0.05) is 19.3 Å². The van der Waals surface area contributed by atoms with Gasteiger partial charge in [0.15, 0.2) is 0 Å². The standard InChI is InChI=1S/C20H22N4O3/c25-19(22-11-9-15-6-2-1-3-7-15)23-13-17-18(14-23)27-20(26)24(17)12-16-8-4-5-10-21-16/h1-8,10,17-18H,9,11-14H2,(H,22,25)/t17-,18+/m0/s1. The maximum Gasteiger partial charge on any atom is 0.410 e.